The van der Waals surface area contributed by atoms with Crippen molar-refractivity contribution in [1.82, 2.24) is 4.98 Å². The lowest BCUT2D eigenvalue weighted by molar-refractivity contribution is -0.384. The third-order valence-electron chi connectivity index (χ3n) is 2.50. The summed E-state index contributed by atoms with van der Waals surface area (Å²) in [6.07, 6.45) is 1.47. The van der Waals surface area contributed by atoms with E-state index in [1.807, 2.05) is 0 Å². The smallest absolute Gasteiger partial charge is 0.315 e. The Morgan fingerprint density at radius 3 is 2.64 bits per heavy atom. The van der Waals surface area contributed by atoms with E-state index in [9.17, 15) is 19.7 Å². The topological polar surface area (TPSA) is 123 Å². The molecule has 2 amide bonds. The zero-order chi connectivity index (χ0) is 16.1. The summed E-state index contributed by atoms with van der Waals surface area (Å²) in [5, 5.41) is 17.2. The van der Waals surface area contributed by atoms with Gasteiger partial charge in [-0.3, -0.25) is 25.0 Å². The van der Waals surface area contributed by atoms with Gasteiger partial charge in [0.2, 0.25) is 0 Å². The number of carbonyl (C=O) groups excluding carboxylic acids is 2. The number of thiazole rings is 1. The van der Waals surface area contributed by atoms with E-state index < -0.39 is 16.7 Å². The molecule has 2 N–H and O–H groups in total. The molecule has 22 heavy (non-hydrogen) atoms. The van der Waals surface area contributed by atoms with E-state index in [1.54, 1.807) is 5.38 Å². The summed E-state index contributed by atoms with van der Waals surface area (Å²) in [7, 11) is 1.34. The Morgan fingerprint density at radius 1 is 1.32 bits per heavy atom. The van der Waals surface area contributed by atoms with Crippen LogP contribution >= 0.6 is 11.3 Å². The molecule has 114 valence electrons. The lowest BCUT2D eigenvalue weighted by Crippen LogP contribution is -2.29. The summed E-state index contributed by atoms with van der Waals surface area (Å²) in [6.45, 7) is 0. The Bertz CT molecular complexity index is 716. The van der Waals surface area contributed by atoms with Crippen molar-refractivity contribution >= 4 is 39.7 Å². The van der Waals surface area contributed by atoms with E-state index in [0.717, 1.165) is 17.4 Å². The first-order valence-electron chi connectivity index (χ1n) is 5.85. The van der Waals surface area contributed by atoms with Crippen LogP contribution in [0.5, 0.6) is 5.75 Å². The summed E-state index contributed by atoms with van der Waals surface area (Å²) >= 11 is 1.15. The molecular weight excluding hydrogens is 312 g/mol. The molecule has 0 saturated carbocycles. The zero-order valence-electron chi connectivity index (χ0n) is 11.2. The number of amides is 2. The number of non-ortho nitro benzene ring substituents is 1. The second kappa shape index (κ2) is 6.63. The average Bonchev–Trinajstić information content (AvgIpc) is 2.99. The average molecular weight is 322 g/mol. The molecule has 0 atom stereocenters. The van der Waals surface area contributed by atoms with Crippen molar-refractivity contribution < 1.29 is 19.2 Å². The first-order chi connectivity index (χ1) is 10.5. The number of carbonyl (C=O) groups is 2. The molecule has 0 aliphatic rings. The van der Waals surface area contributed by atoms with Gasteiger partial charge in [-0.25, -0.2) is 4.98 Å². The number of nitro benzene ring substituents is 1. The molecular formula is C12H10N4O5S. The quantitative estimate of drug-likeness (QED) is 0.501. The fourth-order valence-electron chi connectivity index (χ4n) is 1.53. The van der Waals surface area contributed by atoms with Gasteiger partial charge < -0.3 is 10.1 Å². The molecule has 1 heterocycles. The van der Waals surface area contributed by atoms with Crippen LogP contribution in [0.3, 0.4) is 0 Å². The van der Waals surface area contributed by atoms with Crippen LogP contribution in [-0.4, -0.2) is 28.8 Å². The van der Waals surface area contributed by atoms with Crippen molar-refractivity contribution in [2.24, 2.45) is 0 Å². The monoisotopic (exact) mass is 322 g/mol. The largest absolute Gasteiger partial charge is 0.495 e. The molecule has 2 rings (SSSR count). The van der Waals surface area contributed by atoms with Crippen LogP contribution in [0.25, 0.3) is 0 Å². The molecule has 0 fully saturated rings. The molecule has 1 aromatic carbocycles. The van der Waals surface area contributed by atoms with Crippen molar-refractivity contribution in [1.29, 1.82) is 0 Å². The number of nitro groups is 1. The fourth-order valence-corrected chi connectivity index (χ4v) is 2.05. The van der Waals surface area contributed by atoms with Crippen molar-refractivity contribution in [2.45, 2.75) is 0 Å². The van der Waals surface area contributed by atoms with Gasteiger partial charge in [0.1, 0.15) is 5.75 Å². The van der Waals surface area contributed by atoms with Gasteiger partial charge in [-0.05, 0) is 6.07 Å². The maximum Gasteiger partial charge on any atom is 0.315 e. The highest BCUT2D eigenvalue weighted by Gasteiger charge is 2.19. The lowest BCUT2D eigenvalue weighted by atomic mass is 10.2. The first kappa shape index (κ1) is 15.4. The molecule has 0 aliphatic heterocycles. The molecule has 0 aliphatic carbocycles. The number of nitrogens with one attached hydrogen (secondary N) is 2. The van der Waals surface area contributed by atoms with Gasteiger partial charge in [-0.2, -0.15) is 0 Å². The van der Waals surface area contributed by atoms with E-state index in [-0.39, 0.29) is 22.3 Å². The highest BCUT2D eigenvalue weighted by molar-refractivity contribution is 7.13. The van der Waals surface area contributed by atoms with Crippen molar-refractivity contribution in [3.63, 3.8) is 0 Å². The number of nitrogens with zero attached hydrogens (tertiary/aromatic N) is 2. The summed E-state index contributed by atoms with van der Waals surface area (Å²) in [5.74, 6) is -1.74. The predicted molar refractivity (Wildman–Crippen MR) is 79.0 cm³/mol. The van der Waals surface area contributed by atoms with E-state index >= 15 is 0 Å². The number of hydrogen-bond acceptors (Lipinski definition) is 7. The molecule has 9 nitrogen and oxygen atoms in total. The maximum atomic E-state index is 11.8. The minimum Gasteiger partial charge on any atom is -0.495 e. The molecule has 0 saturated heterocycles. The molecule has 0 unspecified atom stereocenters. The maximum absolute atomic E-state index is 11.8. The molecule has 10 heteroatoms. The number of methoxy groups -OCH3 is 1. The van der Waals surface area contributed by atoms with E-state index in [4.69, 9.17) is 4.74 Å². The number of hydrogen-bond donors (Lipinski definition) is 2. The predicted octanol–water partition coefficient (Wildman–Crippen LogP) is 1.64. The van der Waals surface area contributed by atoms with Crippen LogP contribution in [0.15, 0.2) is 29.8 Å². The Hall–Kier alpha value is -3.01. The fraction of sp³-hybridized carbons (Fsp3) is 0.0833. The SMILES string of the molecule is COc1ccc([N+](=O)[O-])cc1NC(=O)C(=O)Nc1nccs1. The van der Waals surface area contributed by atoms with Gasteiger partial charge in [0.05, 0.1) is 17.7 Å². The Balaban J connectivity index is 2.14. The van der Waals surface area contributed by atoms with E-state index in [1.165, 1.54) is 25.4 Å². The van der Waals surface area contributed by atoms with Gasteiger partial charge >= 0.3 is 11.8 Å². The number of benzene rings is 1. The lowest BCUT2D eigenvalue weighted by Gasteiger charge is -2.09. The Kier molecular flexibility index (Phi) is 4.63. The van der Waals surface area contributed by atoms with Crippen LogP contribution in [0.2, 0.25) is 0 Å². The minimum absolute atomic E-state index is 0.0241. The van der Waals surface area contributed by atoms with Crippen molar-refractivity contribution in [3.05, 3.63) is 39.9 Å². The number of ether oxygens (including phenoxy) is 1. The third kappa shape index (κ3) is 3.55. The molecule has 0 radical (unpaired) electrons. The second-order valence-electron chi connectivity index (χ2n) is 3.89. The van der Waals surface area contributed by atoms with Crippen LogP contribution in [0, 0.1) is 10.1 Å². The summed E-state index contributed by atoms with van der Waals surface area (Å²) in [5.41, 5.74) is -0.215. The summed E-state index contributed by atoms with van der Waals surface area (Å²) in [4.78, 5) is 37.5. The Morgan fingerprint density at radius 2 is 2.05 bits per heavy atom. The van der Waals surface area contributed by atoms with Crippen LogP contribution in [-0.2, 0) is 9.59 Å². The van der Waals surface area contributed by atoms with Crippen LogP contribution < -0.4 is 15.4 Å². The minimum atomic E-state index is -0.992. The van der Waals surface area contributed by atoms with Gasteiger partial charge in [-0.1, -0.05) is 0 Å². The molecule has 0 bridgehead atoms. The highest BCUT2D eigenvalue weighted by atomic mass is 32.1. The third-order valence-corrected chi connectivity index (χ3v) is 3.19. The van der Waals surface area contributed by atoms with Crippen LogP contribution in [0.4, 0.5) is 16.5 Å². The highest BCUT2D eigenvalue weighted by Crippen LogP contribution is 2.28. The number of anilines is 2. The number of aromatic nitrogens is 1. The summed E-state index contributed by atoms with van der Waals surface area (Å²) in [6, 6.07) is 3.66. The molecule has 1 aromatic heterocycles. The first-order valence-corrected chi connectivity index (χ1v) is 6.73. The van der Waals surface area contributed by atoms with Crippen molar-refractivity contribution in [2.75, 3.05) is 17.7 Å². The Labute approximate surface area is 128 Å². The van der Waals surface area contributed by atoms with Gasteiger partial charge in [0, 0.05) is 23.7 Å². The zero-order valence-corrected chi connectivity index (χ0v) is 12.0. The normalized spacial score (nSPS) is 9.86. The van der Waals surface area contributed by atoms with Crippen LogP contribution in [0.1, 0.15) is 0 Å². The molecule has 2 aromatic rings. The standard InChI is InChI=1S/C12H10N4O5S/c1-21-9-3-2-7(16(19)20)6-8(9)14-10(17)11(18)15-12-13-4-5-22-12/h2-6H,1H3,(H,14,17)(H,13,15,18). The summed E-state index contributed by atoms with van der Waals surface area (Å²) < 4.78 is 4.99. The van der Waals surface area contributed by atoms with Crippen molar-refractivity contribution in [3.8, 4) is 5.75 Å². The van der Waals surface area contributed by atoms with E-state index in [2.05, 4.69) is 15.6 Å². The molecule has 0 spiro atoms. The van der Waals surface area contributed by atoms with Gasteiger partial charge in [-0.15, -0.1) is 11.3 Å². The van der Waals surface area contributed by atoms with E-state index in [0.29, 0.717) is 0 Å². The second-order valence-corrected chi connectivity index (χ2v) is 4.78. The van der Waals surface area contributed by atoms with Gasteiger partial charge in [0.25, 0.3) is 5.69 Å². The van der Waals surface area contributed by atoms with Gasteiger partial charge in [0.15, 0.2) is 5.13 Å². The number of rotatable bonds is 4.